The highest BCUT2D eigenvalue weighted by Gasteiger charge is 2.23. The van der Waals surface area contributed by atoms with Crippen LogP contribution in [0.2, 0.25) is 5.28 Å². The van der Waals surface area contributed by atoms with E-state index in [-0.39, 0.29) is 16.5 Å². The molecule has 0 atom stereocenters. The number of carbonyl (C=O) groups is 1. The Hall–Kier alpha value is -2.82. The van der Waals surface area contributed by atoms with Gasteiger partial charge in [-0.05, 0) is 36.2 Å². The number of esters is 1. The first-order chi connectivity index (χ1) is 14.0. The van der Waals surface area contributed by atoms with Gasteiger partial charge in [0.2, 0.25) is 5.28 Å². The predicted octanol–water partition coefficient (Wildman–Crippen LogP) is 2.38. The van der Waals surface area contributed by atoms with Crippen LogP contribution in [0.4, 0.5) is 11.6 Å². The van der Waals surface area contributed by atoms with Crippen LogP contribution < -0.4 is 5.32 Å². The number of aryl methyl sites for hydroxylation is 1. The fraction of sp³-hybridized carbons (Fsp3) is 0.389. The third kappa shape index (κ3) is 4.97. The highest BCUT2D eigenvalue weighted by Crippen LogP contribution is 2.27. The van der Waals surface area contributed by atoms with E-state index >= 15 is 0 Å². The second kappa shape index (κ2) is 9.59. The molecule has 1 N–H and O–H groups in total. The maximum Gasteiger partial charge on any atom is 0.360 e. The zero-order chi connectivity index (χ0) is 20.8. The zero-order valence-corrected chi connectivity index (χ0v) is 17.1. The molecule has 0 bridgehead atoms. The third-order valence-electron chi connectivity index (χ3n) is 3.98. The molecule has 0 fully saturated rings. The van der Waals surface area contributed by atoms with Gasteiger partial charge in [-0.1, -0.05) is 0 Å². The van der Waals surface area contributed by atoms with Crippen molar-refractivity contribution in [2.75, 3.05) is 39.4 Å². The minimum absolute atomic E-state index is 0.0336. The SMILES string of the molecule is COCCOCCn1nc(C(=O)OC)c2nc(Cl)nc(Nc3cc(C)ccn3)c21. The average Bonchev–Trinajstić information content (AvgIpc) is 3.05. The van der Waals surface area contributed by atoms with Gasteiger partial charge in [0, 0.05) is 13.3 Å². The second-order valence-corrected chi connectivity index (χ2v) is 6.39. The summed E-state index contributed by atoms with van der Waals surface area (Å²) in [7, 11) is 2.88. The van der Waals surface area contributed by atoms with E-state index < -0.39 is 5.97 Å². The molecule has 0 amide bonds. The minimum Gasteiger partial charge on any atom is -0.464 e. The van der Waals surface area contributed by atoms with Crippen LogP contribution >= 0.6 is 11.6 Å². The number of pyridine rings is 1. The van der Waals surface area contributed by atoms with Crippen molar-refractivity contribution >= 4 is 40.2 Å². The number of carbonyl (C=O) groups excluding carboxylic acids is 1. The Balaban J connectivity index is 2.02. The molecule has 3 heterocycles. The average molecular weight is 421 g/mol. The summed E-state index contributed by atoms with van der Waals surface area (Å²) in [5.74, 6) is 0.325. The maximum atomic E-state index is 12.2. The van der Waals surface area contributed by atoms with Crippen molar-refractivity contribution in [3.05, 3.63) is 34.9 Å². The normalized spacial score (nSPS) is 11.0. The lowest BCUT2D eigenvalue weighted by Crippen LogP contribution is -2.12. The topological polar surface area (TPSA) is 113 Å². The number of fused-ring (bicyclic) bond motifs is 1. The monoisotopic (exact) mass is 420 g/mol. The number of rotatable bonds is 9. The molecule has 3 rings (SSSR count). The molecule has 0 aliphatic heterocycles. The number of nitrogens with one attached hydrogen (secondary N) is 1. The van der Waals surface area contributed by atoms with Crippen molar-refractivity contribution < 1.29 is 19.0 Å². The van der Waals surface area contributed by atoms with Gasteiger partial charge in [-0.3, -0.25) is 4.68 Å². The number of aromatic nitrogens is 5. The summed E-state index contributed by atoms with van der Waals surface area (Å²) >= 11 is 6.10. The van der Waals surface area contributed by atoms with Crippen molar-refractivity contribution in [1.82, 2.24) is 24.7 Å². The largest absolute Gasteiger partial charge is 0.464 e. The Morgan fingerprint density at radius 3 is 2.79 bits per heavy atom. The first kappa shape index (κ1) is 20.9. The van der Waals surface area contributed by atoms with E-state index in [1.54, 1.807) is 18.0 Å². The lowest BCUT2D eigenvalue weighted by atomic mass is 10.3. The summed E-state index contributed by atoms with van der Waals surface area (Å²) in [4.78, 5) is 24.9. The zero-order valence-electron chi connectivity index (χ0n) is 16.3. The highest BCUT2D eigenvalue weighted by molar-refractivity contribution is 6.29. The molecule has 0 saturated carbocycles. The van der Waals surface area contributed by atoms with E-state index in [0.29, 0.717) is 43.5 Å². The molecule has 10 nitrogen and oxygen atoms in total. The molecule has 154 valence electrons. The highest BCUT2D eigenvalue weighted by atomic mass is 35.5. The fourth-order valence-corrected chi connectivity index (χ4v) is 2.83. The summed E-state index contributed by atoms with van der Waals surface area (Å²) in [6.07, 6.45) is 1.68. The minimum atomic E-state index is -0.622. The third-order valence-corrected chi connectivity index (χ3v) is 4.15. The number of nitrogens with zero attached hydrogens (tertiary/aromatic N) is 5. The predicted molar refractivity (Wildman–Crippen MR) is 107 cm³/mol. The van der Waals surface area contributed by atoms with Gasteiger partial charge in [-0.2, -0.15) is 10.1 Å². The van der Waals surface area contributed by atoms with E-state index in [1.165, 1.54) is 7.11 Å². The molecule has 0 unspecified atom stereocenters. The van der Waals surface area contributed by atoms with Gasteiger partial charge in [0.15, 0.2) is 11.5 Å². The molecule has 0 radical (unpaired) electrons. The van der Waals surface area contributed by atoms with E-state index in [0.717, 1.165) is 5.56 Å². The Kier molecular flexibility index (Phi) is 6.91. The number of hydrogen-bond donors (Lipinski definition) is 1. The van der Waals surface area contributed by atoms with Crippen LogP contribution in [0.5, 0.6) is 0 Å². The van der Waals surface area contributed by atoms with Crippen LogP contribution in [-0.2, 0) is 20.8 Å². The smallest absolute Gasteiger partial charge is 0.360 e. The van der Waals surface area contributed by atoms with Crippen molar-refractivity contribution in [2.24, 2.45) is 0 Å². The molecular weight excluding hydrogens is 400 g/mol. The maximum absolute atomic E-state index is 12.2. The van der Waals surface area contributed by atoms with Crippen LogP contribution in [0.3, 0.4) is 0 Å². The molecule has 0 saturated heterocycles. The molecule has 0 aliphatic rings. The number of halogens is 1. The second-order valence-electron chi connectivity index (χ2n) is 6.05. The Morgan fingerprint density at radius 2 is 2.07 bits per heavy atom. The number of methoxy groups -OCH3 is 2. The van der Waals surface area contributed by atoms with E-state index in [9.17, 15) is 4.79 Å². The summed E-state index contributed by atoms with van der Waals surface area (Å²) < 4.78 is 16.9. The van der Waals surface area contributed by atoms with Crippen LogP contribution in [0.1, 0.15) is 16.1 Å². The molecule has 0 aliphatic carbocycles. The van der Waals surface area contributed by atoms with Crippen molar-refractivity contribution in [1.29, 1.82) is 0 Å². The molecule has 29 heavy (non-hydrogen) atoms. The first-order valence-electron chi connectivity index (χ1n) is 8.82. The van der Waals surface area contributed by atoms with Gasteiger partial charge in [0.05, 0.1) is 33.5 Å². The van der Waals surface area contributed by atoms with Gasteiger partial charge >= 0.3 is 5.97 Å². The van der Waals surface area contributed by atoms with Crippen LogP contribution in [-0.4, -0.2) is 64.7 Å². The Bertz CT molecular complexity index is 1010. The molecule has 0 aromatic carbocycles. The van der Waals surface area contributed by atoms with Crippen LogP contribution in [0.25, 0.3) is 11.0 Å². The molecule has 3 aromatic heterocycles. The standard InChI is InChI=1S/C18H21ClN6O4/c1-11-4-5-20-12(10-11)21-16-15-13(22-18(19)23-16)14(17(26)28-3)24-25(15)6-7-29-9-8-27-2/h4-5,10H,6-9H2,1-3H3,(H,20,21,22,23). The van der Waals surface area contributed by atoms with Crippen molar-refractivity contribution in [3.8, 4) is 0 Å². The van der Waals surface area contributed by atoms with E-state index in [4.69, 9.17) is 25.8 Å². The molecular formula is C18H21ClN6O4. The summed E-state index contributed by atoms with van der Waals surface area (Å²) in [6, 6.07) is 3.74. The quantitative estimate of drug-likeness (QED) is 0.316. The van der Waals surface area contributed by atoms with E-state index in [2.05, 4.69) is 25.4 Å². The van der Waals surface area contributed by atoms with Crippen molar-refractivity contribution in [2.45, 2.75) is 13.5 Å². The van der Waals surface area contributed by atoms with Gasteiger partial charge in [-0.15, -0.1) is 0 Å². The number of anilines is 2. The van der Waals surface area contributed by atoms with Gasteiger partial charge < -0.3 is 19.5 Å². The summed E-state index contributed by atoms with van der Waals surface area (Å²) in [6.45, 7) is 3.59. The molecule has 0 spiro atoms. The van der Waals surface area contributed by atoms with Crippen LogP contribution in [0, 0.1) is 6.92 Å². The molecule has 3 aromatic rings. The number of hydrogen-bond acceptors (Lipinski definition) is 9. The van der Waals surface area contributed by atoms with Gasteiger partial charge in [0.1, 0.15) is 16.9 Å². The lowest BCUT2D eigenvalue weighted by Gasteiger charge is -2.10. The van der Waals surface area contributed by atoms with Gasteiger partial charge in [0.25, 0.3) is 0 Å². The number of ether oxygens (including phenoxy) is 3. The first-order valence-corrected chi connectivity index (χ1v) is 9.20. The van der Waals surface area contributed by atoms with E-state index in [1.807, 2.05) is 19.1 Å². The Morgan fingerprint density at radius 1 is 1.24 bits per heavy atom. The lowest BCUT2D eigenvalue weighted by molar-refractivity contribution is 0.0589. The molecule has 11 heteroatoms. The fourth-order valence-electron chi connectivity index (χ4n) is 2.66. The summed E-state index contributed by atoms with van der Waals surface area (Å²) in [5, 5.41) is 7.44. The van der Waals surface area contributed by atoms with Crippen molar-refractivity contribution in [3.63, 3.8) is 0 Å². The van der Waals surface area contributed by atoms with Crippen LogP contribution in [0.15, 0.2) is 18.3 Å². The summed E-state index contributed by atoms with van der Waals surface area (Å²) in [5.41, 5.74) is 1.84. The Labute approximate surface area is 172 Å². The van der Waals surface area contributed by atoms with Gasteiger partial charge in [-0.25, -0.2) is 14.8 Å².